The van der Waals surface area contributed by atoms with E-state index >= 15 is 0 Å². The fraction of sp³-hybridized carbons (Fsp3) is 0.308. The highest BCUT2D eigenvalue weighted by atomic mass is 32.1. The molecular formula is C13H14O4S. The van der Waals surface area contributed by atoms with Crippen LogP contribution in [0.5, 0.6) is 5.75 Å². The van der Waals surface area contributed by atoms with Gasteiger partial charge in [0.05, 0.1) is 4.70 Å². The average Bonchev–Trinajstić information content (AvgIpc) is 2.81. The maximum atomic E-state index is 11.1. The fourth-order valence-corrected chi connectivity index (χ4v) is 2.76. The van der Waals surface area contributed by atoms with Crippen molar-refractivity contribution in [3.8, 4) is 5.75 Å². The minimum atomic E-state index is -0.965. The van der Waals surface area contributed by atoms with Crippen LogP contribution in [0.15, 0.2) is 23.6 Å². The largest absolute Gasteiger partial charge is 0.506 e. The Morgan fingerprint density at radius 1 is 1.44 bits per heavy atom. The molecule has 0 saturated heterocycles. The Morgan fingerprint density at radius 3 is 2.89 bits per heavy atom. The number of carboxylic acids is 1. The number of aromatic hydroxyl groups is 1. The fourth-order valence-electron chi connectivity index (χ4n) is 1.90. The van der Waals surface area contributed by atoms with E-state index in [1.807, 2.05) is 11.4 Å². The van der Waals surface area contributed by atoms with Crippen LogP contribution in [0.3, 0.4) is 0 Å². The predicted molar refractivity (Wildman–Crippen MR) is 70.2 cm³/mol. The molecule has 4 nitrogen and oxygen atoms in total. The molecule has 2 aromatic rings. The molecule has 5 heteroatoms. The van der Waals surface area contributed by atoms with Crippen molar-refractivity contribution in [1.29, 1.82) is 0 Å². The van der Waals surface area contributed by atoms with Crippen molar-refractivity contribution in [3.05, 3.63) is 29.1 Å². The zero-order chi connectivity index (χ0) is 13.1. The van der Waals surface area contributed by atoms with Crippen LogP contribution in [0.2, 0.25) is 0 Å². The molecule has 0 fully saturated rings. The molecule has 1 aromatic carbocycles. The molecule has 1 heterocycles. The van der Waals surface area contributed by atoms with Crippen LogP contribution in [-0.4, -0.2) is 28.9 Å². The van der Waals surface area contributed by atoms with Crippen LogP contribution in [-0.2, 0) is 16.0 Å². The third kappa shape index (κ3) is 2.47. The first-order valence-electron chi connectivity index (χ1n) is 5.66. The summed E-state index contributed by atoms with van der Waals surface area (Å²) in [6, 6.07) is 5.23. The third-order valence-corrected chi connectivity index (χ3v) is 3.67. The second-order valence-corrected chi connectivity index (χ2v) is 4.81. The minimum Gasteiger partial charge on any atom is -0.506 e. The van der Waals surface area contributed by atoms with Gasteiger partial charge >= 0.3 is 5.97 Å². The number of carboxylic acid groups (broad SMARTS) is 1. The smallest absolute Gasteiger partial charge is 0.333 e. The van der Waals surface area contributed by atoms with Gasteiger partial charge in [0.1, 0.15) is 5.75 Å². The number of hydrogen-bond donors (Lipinski definition) is 2. The van der Waals surface area contributed by atoms with Gasteiger partial charge in [-0.3, -0.25) is 0 Å². The summed E-state index contributed by atoms with van der Waals surface area (Å²) in [5.41, 5.74) is 0.880. The van der Waals surface area contributed by atoms with E-state index in [4.69, 9.17) is 9.84 Å². The molecule has 0 aliphatic heterocycles. The summed E-state index contributed by atoms with van der Waals surface area (Å²) in [5.74, 6) is -0.736. The molecule has 0 amide bonds. The van der Waals surface area contributed by atoms with E-state index in [2.05, 4.69) is 0 Å². The van der Waals surface area contributed by atoms with Gasteiger partial charge in [-0.15, -0.1) is 11.3 Å². The molecule has 0 aliphatic rings. The van der Waals surface area contributed by atoms with Gasteiger partial charge in [0.15, 0.2) is 6.10 Å². The van der Waals surface area contributed by atoms with Gasteiger partial charge in [-0.1, -0.05) is 6.07 Å². The van der Waals surface area contributed by atoms with Crippen molar-refractivity contribution in [1.82, 2.24) is 0 Å². The normalized spacial score (nSPS) is 12.7. The lowest BCUT2D eigenvalue weighted by Gasteiger charge is -2.13. The first-order valence-corrected chi connectivity index (χ1v) is 6.54. The van der Waals surface area contributed by atoms with Crippen LogP contribution in [0.25, 0.3) is 10.1 Å². The van der Waals surface area contributed by atoms with Crippen molar-refractivity contribution in [2.24, 2.45) is 0 Å². The second kappa shape index (κ2) is 5.37. The van der Waals surface area contributed by atoms with Gasteiger partial charge in [0, 0.05) is 13.0 Å². The van der Waals surface area contributed by atoms with E-state index < -0.39 is 12.1 Å². The molecular weight excluding hydrogens is 252 g/mol. The van der Waals surface area contributed by atoms with Gasteiger partial charge in [0.2, 0.25) is 0 Å². The number of phenolic OH excluding ortho intramolecular Hbond substituents is 1. The molecule has 0 saturated carbocycles. The van der Waals surface area contributed by atoms with Gasteiger partial charge in [-0.2, -0.15) is 0 Å². The lowest BCUT2D eigenvalue weighted by atomic mass is 10.0. The molecule has 0 spiro atoms. The number of benzene rings is 1. The molecule has 0 bridgehead atoms. The zero-order valence-corrected chi connectivity index (χ0v) is 10.7. The van der Waals surface area contributed by atoms with E-state index in [0.29, 0.717) is 13.0 Å². The van der Waals surface area contributed by atoms with E-state index in [-0.39, 0.29) is 5.75 Å². The highest BCUT2D eigenvalue weighted by Crippen LogP contribution is 2.32. The second-order valence-electron chi connectivity index (χ2n) is 3.89. The highest BCUT2D eigenvalue weighted by Gasteiger charge is 2.19. The molecule has 2 rings (SSSR count). The summed E-state index contributed by atoms with van der Waals surface area (Å²) in [6.07, 6.45) is -0.543. The van der Waals surface area contributed by atoms with Crippen LogP contribution in [0.4, 0.5) is 0 Å². The van der Waals surface area contributed by atoms with Crippen LogP contribution in [0.1, 0.15) is 12.5 Å². The molecule has 1 aromatic heterocycles. The number of aliphatic carboxylic acids is 1. The molecule has 1 unspecified atom stereocenters. The number of fused-ring (bicyclic) bond motifs is 1. The lowest BCUT2D eigenvalue weighted by Crippen LogP contribution is -2.26. The SMILES string of the molecule is CCOC(Cc1ccc(O)c2sccc12)C(=O)O. The van der Waals surface area contributed by atoms with Crippen molar-refractivity contribution in [2.45, 2.75) is 19.4 Å². The lowest BCUT2D eigenvalue weighted by molar-refractivity contribution is -0.149. The maximum absolute atomic E-state index is 11.1. The Morgan fingerprint density at radius 2 is 2.22 bits per heavy atom. The number of thiophene rings is 1. The summed E-state index contributed by atoms with van der Waals surface area (Å²) in [4.78, 5) is 11.1. The van der Waals surface area contributed by atoms with Crippen molar-refractivity contribution >= 4 is 27.4 Å². The number of ether oxygens (including phenoxy) is 1. The summed E-state index contributed by atoms with van der Waals surface area (Å²) < 4.78 is 5.99. The van der Waals surface area contributed by atoms with Gasteiger partial charge in [0.25, 0.3) is 0 Å². The molecule has 0 radical (unpaired) electrons. The van der Waals surface area contributed by atoms with Gasteiger partial charge < -0.3 is 14.9 Å². The maximum Gasteiger partial charge on any atom is 0.333 e. The molecule has 0 aliphatic carbocycles. The van der Waals surface area contributed by atoms with E-state index in [1.165, 1.54) is 11.3 Å². The summed E-state index contributed by atoms with van der Waals surface area (Å²) >= 11 is 1.44. The third-order valence-electron chi connectivity index (χ3n) is 2.73. The van der Waals surface area contributed by atoms with Crippen LogP contribution < -0.4 is 0 Å². The number of carbonyl (C=O) groups is 1. The molecule has 96 valence electrons. The van der Waals surface area contributed by atoms with Crippen molar-refractivity contribution < 1.29 is 19.7 Å². The van der Waals surface area contributed by atoms with Crippen LogP contribution >= 0.6 is 11.3 Å². The minimum absolute atomic E-state index is 0.229. The monoisotopic (exact) mass is 266 g/mol. The van der Waals surface area contributed by atoms with Gasteiger partial charge in [-0.05, 0) is 35.4 Å². The molecule has 1 atom stereocenters. The number of phenols is 1. The Balaban J connectivity index is 2.33. The Bertz CT molecular complexity index is 561. The van der Waals surface area contributed by atoms with Crippen molar-refractivity contribution in [3.63, 3.8) is 0 Å². The number of rotatable bonds is 5. The van der Waals surface area contributed by atoms with Crippen molar-refractivity contribution in [2.75, 3.05) is 6.61 Å². The average molecular weight is 266 g/mol. The van der Waals surface area contributed by atoms with Gasteiger partial charge in [-0.25, -0.2) is 4.79 Å². The summed E-state index contributed by atoms with van der Waals surface area (Å²) in [7, 11) is 0. The Labute approximate surface area is 108 Å². The molecule has 2 N–H and O–H groups in total. The zero-order valence-electron chi connectivity index (χ0n) is 9.92. The van der Waals surface area contributed by atoms with E-state index in [0.717, 1.165) is 15.6 Å². The Hall–Kier alpha value is -1.59. The highest BCUT2D eigenvalue weighted by molar-refractivity contribution is 7.17. The van der Waals surface area contributed by atoms with Crippen LogP contribution in [0, 0.1) is 0 Å². The molecule has 18 heavy (non-hydrogen) atoms. The first-order chi connectivity index (χ1) is 8.63. The van der Waals surface area contributed by atoms with E-state index in [1.54, 1.807) is 19.1 Å². The standard InChI is InChI=1S/C13H14O4S/c1-2-17-11(13(15)16)7-8-3-4-10(14)12-9(8)5-6-18-12/h3-6,11,14H,2,7H2,1H3,(H,15,16). The quantitative estimate of drug-likeness (QED) is 0.873. The number of hydrogen-bond acceptors (Lipinski definition) is 4. The summed E-state index contributed by atoms with van der Waals surface area (Å²) in [5, 5.41) is 21.5. The topological polar surface area (TPSA) is 66.8 Å². The predicted octanol–water partition coefficient (Wildman–Crippen LogP) is 2.64. The first kappa shape index (κ1) is 12.9. The Kier molecular flexibility index (Phi) is 3.84. The van der Waals surface area contributed by atoms with E-state index in [9.17, 15) is 9.90 Å². The summed E-state index contributed by atoms with van der Waals surface area (Å²) in [6.45, 7) is 2.13.